The lowest BCUT2D eigenvalue weighted by Gasteiger charge is -1.97. The summed E-state index contributed by atoms with van der Waals surface area (Å²) in [5.41, 5.74) is 1.48. The van der Waals surface area contributed by atoms with Gasteiger partial charge < -0.3 is 4.98 Å². The second-order valence-electron chi connectivity index (χ2n) is 3.88. The Bertz CT molecular complexity index is 734. The molecule has 0 aliphatic rings. The summed E-state index contributed by atoms with van der Waals surface area (Å²) in [6, 6.07) is 7.59. The number of aromatic nitrogens is 2. The number of H-pyrrole nitrogens is 1. The van der Waals surface area contributed by atoms with Crippen LogP contribution < -0.4 is 0 Å². The zero-order chi connectivity index (χ0) is 12.7. The molecule has 0 fully saturated rings. The van der Waals surface area contributed by atoms with Crippen LogP contribution in [0.4, 0.5) is 13.2 Å². The van der Waals surface area contributed by atoms with Crippen LogP contribution in [0.25, 0.3) is 22.4 Å². The number of imidazole rings is 1. The van der Waals surface area contributed by atoms with E-state index >= 15 is 0 Å². The Morgan fingerprint density at radius 3 is 2.50 bits per heavy atom. The molecule has 1 heterocycles. The third kappa shape index (κ3) is 1.73. The third-order valence-electron chi connectivity index (χ3n) is 2.64. The Hall–Kier alpha value is -2.30. The van der Waals surface area contributed by atoms with Crippen molar-refractivity contribution in [1.82, 2.24) is 9.97 Å². The number of hydrogen-bond acceptors (Lipinski definition) is 1. The van der Waals surface area contributed by atoms with Crippen molar-refractivity contribution in [1.29, 1.82) is 0 Å². The van der Waals surface area contributed by atoms with Crippen LogP contribution in [0.2, 0.25) is 0 Å². The van der Waals surface area contributed by atoms with E-state index in [1.165, 1.54) is 24.3 Å². The first-order valence-electron chi connectivity index (χ1n) is 5.24. The molecule has 5 heteroatoms. The molecule has 0 saturated carbocycles. The molecule has 0 saturated heterocycles. The van der Waals surface area contributed by atoms with Crippen molar-refractivity contribution in [2.75, 3.05) is 0 Å². The molecule has 3 rings (SSSR count). The molecule has 18 heavy (non-hydrogen) atoms. The van der Waals surface area contributed by atoms with E-state index in [0.717, 1.165) is 12.1 Å². The van der Waals surface area contributed by atoms with Crippen molar-refractivity contribution in [3.05, 3.63) is 53.8 Å². The van der Waals surface area contributed by atoms with Gasteiger partial charge in [0, 0.05) is 5.56 Å². The molecule has 3 aromatic rings. The standard InChI is InChI=1S/C13H7F3N2/c14-8-2-4-11-12(6-8)18-13(17-11)7-1-3-9(15)10(16)5-7/h1-6H,(H,17,18). The monoisotopic (exact) mass is 248 g/mol. The van der Waals surface area contributed by atoms with E-state index in [4.69, 9.17) is 0 Å². The maximum Gasteiger partial charge on any atom is 0.159 e. The van der Waals surface area contributed by atoms with Gasteiger partial charge in [-0.15, -0.1) is 0 Å². The topological polar surface area (TPSA) is 28.7 Å². The number of halogens is 3. The summed E-state index contributed by atoms with van der Waals surface area (Å²) in [4.78, 5) is 7.04. The zero-order valence-corrected chi connectivity index (χ0v) is 9.05. The fraction of sp³-hybridized carbons (Fsp3) is 0. The van der Waals surface area contributed by atoms with Gasteiger partial charge in [0.15, 0.2) is 11.6 Å². The quantitative estimate of drug-likeness (QED) is 0.699. The van der Waals surface area contributed by atoms with Crippen molar-refractivity contribution < 1.29 is 13.2 Å². The maximum atomic E-state index is 13.1. The number of hydrogen-bond donors (Lipinski definition) is 1. The number of aromatic amines is 1. The number of nitrogens with one attached hydrogen (secondary N) is 1. The maximum absolute atomic E-state index is 13.1. The SMILES string of the molecule is Fc1ccc2nc(-c3ccc(F)c(F)c3)[nH]c2c1. The van der Waals surface area contributed by atoms with Crippen LogP contribution in [-0.4, -0.2) is 9.97 Å². The Morgan fingerprint density at radius 1 is 0.889 bits per heavy atom. The first-order chi connectivity index (χ1) is 8.63. The van der Waals surface area contributed by atoms with Crippen LogP contribution in [0.5, 0.6) is 0 Å². The highest BCUT2D eigenvalue weighted by Crippen LogP contribution is 2.22. The van der Waals surface area contributed by atoms with Gasteiger partial charge in [-0.25, -0.2) is 18.2 Å². The van der Waals surface area contributed by atoms with Crippen molar-refractivity contribution in [3.8, 4) is 11.4 Å². The highest BCUT2D eigenvalue weighted by atomic mass is 19.2. The molecular weight excluding hydrogens is 241 g/mol. The highest BCUT2D eigenvalue weighted by Gasteiger charge is 2.09. The lowest BCUT2D eigenvalue weighted by molar-refractivity contribution is 0.509. The number of nitrogens with zero attached hydrogens (tertiary/aromatic N) is 1. The zero-order valence-electron chi connectivity index (χ0n) is 9.05. The van der Waals surface area contributed by atoms with Crippen LogP contribution in [0.15, 0.2) is 36.4 Å². The predicted octanol–water partition coefficient (Wildman–Crippen LogP) is 3.65. The predicted molar refractivity (Wildman–Crippen MR) is 61.4 cm³/mol. The Labute approximate surface area is 100 Å². The summed E-state index contributed by atoms with van der Waals surface area (Å²) < 4.78 is 38.9. The highest BCUT2D eigenvalue weighted by molar-refractivity contribution is 5.79. The van der Waals surface area contributed by atoms with Crippen molar-refractivity contribution >= 4 is 11.0 Å². The van der Waals surface area contributed by atoms with Gasteiger partial charge in [0.25, 0.3) is 0 Å². The number of benzene rings is 2. The van der Waals surface area contributed by atoms with E-state index in [1.54, 1.807) is 0 Å². The fourth-order valence-corrected chi connectivity index (χ4v) is 1.76. The lowest BCUT2D eigenvalue weighted by atomic mass is 10.2. The van der Waals surface area contributed by atoms with Gasteiger partial charge in [-0.05, 0) is 36.4 Å². The van der Waals surface area contributed by atoms with Crippen molar-refractivity contribution in [3.63, 3.8) is 0 Å². The van der Waals surface area contributed by atoms with Crippen LogP contribution in [0.3, 0.4) is 0 Å². The summed E-state index contributed by atoms with van der Waals surface area (Å²) in [6.45, 7) is 0. The summed E-state index contributed by atoms with van der Waals surface area (Å²) in [5, 5.41) is 0. The molecule has 2 nitrogen and oxygen atoms in total. The summed E-state index contributed by atoms with van der Waals surface area (Å²) in [5.74, 6) is -1.88. The Kier molecular flexibility index (Phi) is 2.33. The average molecular weight is 248 g/mol. The van der Waals surface area contributed by atoms with E-state index in [9.17, 15) is 13.2 Å². The van der Waals surface area contributed by atoms with Gasteiger partial charge in [0.2, 0.25) is 0 Å². The minimum Gasteiger partial charge on any atom is -0.338 e. The molecule has 0 aliphatic carbocycles. The normalized spacial score (nSPS) is 11.1. The van der Waals surface area contributed by atoms with E-state index in [2.05, 4.69) is 9.97 Å². The first-order valence-corrected chi connectivity index (χ1v) is 5.24. The minimum atomic E-state index is -0.945. The molecule has 0 unspecified atom stereocenters. The fourth-order valence-electron chi connectivity index (χ4n) is 1.76. The van der Waals surface area contributed by atoms with Crippen molar-refractivity contribution in [2.45, 2.75) is 0 Å². The summed E-state index contributed by atoms with van der Waals surface area (Å²) >= 11 is 0. The van der Waals surface area contributed by atoms with Gasteiger partial charge >= 0.3 is 0 Å². The second-order valence-corrected chi connectivity index (χ2v) is 3.88. The number of fused-ring (bicyclic) bond motifs is 1. The Balaban J connectivity index is 2.16. The van der Waals surface area contributed by atoms with Crippen LogP contribution in [0, 0.1) is 17.5 Å². The van der Waals surface area contributed by atoms with E-state index in [1.807, 2.05) is 0 Å². The molecule has 0 radical (unpaired) electrons. The van der Waals surface area contributed by atoms with Crippen LogP contribution in [-0.2, 0) is 0 Å². The smallest absolute Gasteiger partial charge is 0.159 e. The molecule has 0 atom stereocenters. The molecule has 0 amide bonds. The first kappa shape index (κ1) is 10.8. The molecule has 90 valence electrons. The largest absolute Gasteiger partial charge is 0.338 e. The molecule has 0 bridgehead atoms. The van der Waals surface area contributed by atoms with Gasteiger partial charge in [-0.2, -0.15) is 0 Å². The van der Waals surface area contributed by atoms with Gasteiger partial charge in [0.1, 0.15) is 11.6 Å². The number of rotatable bonds is 1. The second kappa shape index (κ2) is 3.87. The van der Waals surface area contributed by atoms with Crippen LogP contribution >= 0.6 is 0 Å². The van der Waals surface area contributed by atoms with E-state index in [-0.39, 0.29) is 5.82 Å². The van der Waals surface area contributed by atoms with Gasteiger partial charge in [0.05, 0.1) is 11.0 Å². The molecule has 0 aliphatic heterocycles. The average Bonchev–Trinajstić information content (AvgIpc) is 2.75. The van der Waals surface area contributed by atoms with E-state index in [0.29, 0.717) is 22.4 Å². The lowest BCUT2D eigenvalue weighted by Crippen LogP contribution is -1.86. The summed E-state index contributed by atoms with van der Waals surface area (Å²) in [6.07, 6.45) is 0. The summed E-state index contributed by atoms with van der Waals surface area (Å²) in [7, 11) is 0. The minimum absolute atomic E-state index is 0.370. The van der Waals surface area contributed by atoms with E-state index < -0.39 is 11.6 Å². The molecular formula is C13H7F3N2. The van der Waals surface area contributed by atoms with Crippen molar-refractivity contribution in [2.24, 2.45) is 0 Å². The molecule has 1 N–H and O–H groups in total. The molecule has 1 aromatic heterocycles. The molecule has 2 aromatic carbocycles. The Morgan fingerprint density at radius 2 is 1.72 bits per heavy atom. The van der Waals surface area contributed by atoms with Gasteiger partial charge in [-0.3, -0.25) is 0 Å². The van der Waals surface area contributed by atoms with Gasteiger partial charge in [-0.1, -0.05) is 0 Å². The molecule has 0 spiro atoms. The third-order valence-corrected chi connectivity index (χ3v) is 2.64. The van der Waals surface area contributed by atoms with Crippen LogP contribution in [0.1, 0.15) is 0 Å².